The zero-order valence-electron chi connectivity index (χ0n) is 11.9. The first-order valence-corrected chi connectivity index (χ1v) is 6.18. The molecule has 4 N–H and O–H groups in total. The topological polar surface area (TPSA) is 87.8 Å². The number of aliphatic hydroxyl groups is 1. The van der Waals surface area contributed by atoms with E-state index in [1.165, 1.54) is 7.11 Å². The van der Waals surface area contributed by atoms with Gasteiger partial charge in [0.2, 0.25) is 0 Å². The summed E-state index contributed by atoms with van der Waals surface area (Å²) < 4.78 is 5.13. The van der Waals surface area contributed by atoms with E-state index in [1.807, 2.05) is 26.8 Å². The highest BCUT2D eigenvalue weighted by Crippen LogP contribution is 2.27. The van der Waals surface area contributed by atoms with Gasteiger partial charge in [0.05, 0.1) is 13.7 Å². The van der Waals surface area contributed by atoms with Crippen LogP contribution in [-0.2, 0) is 0 Å². The van der Waals surface area contributed by atoms with Gasteiger partial charge < -0.3 is 15.2 Å². The summed E-state index contributed by atoms with van der Waals surface area (Å²) in [5, 5.41) is 12.0. The van der Waals surface area contributed by atoms with E-state index in [1.54, 1.807) is 12.1 Å². The fraction of sp³-hybridized carbons (Fsp3) is 0.462. The maximum Gasteiger partial charge on any atom is 0.336 e. The number of anilines is 1. The molecular weight excluding hydrogens is 246 g/mol. The molecule has 1 aromatic carbocycles. The molecule has 0 fully saturated rings. The second-order valence-electron chi connectivity index (χ2n) is 3.50. The Hall–Kier alpha value is -1.79. The second-order valence-corrected chi connectivity index (χ2v) is 3.50. The summed E-state index contributed by atoms with van der Waals surface area (Å²) in [7, 11) is 1.51. The molecule has 0 heterocycles. The number of hydrogen-bond acceptors (Lipinski definition) is 4. The number of nitrogens with zero attached hydrogens (tertiary/aromatic N) is 1. The second kappa shape index (κ2) is 9.18. The van der Waals surface area contributed by atoms with Gasteiger partial charge in [-0.3, -0.25) is 0 Å². The normalized spacial score (nSPS) is 9.16. The molecule has 0 saturated heterocycles. The molecule has 108 valence electrons. The van der Waals surface area contributed by atoms with Crippen molar-refractivity contribution in [2.24, 2.45) is 5.84 Å². The third kappa shape index (κ3) is 5.15. The van der Waals surface area contributed by atoms with E-state index in [9.17, 15) is 4.79 Å². The molecule has 0 aliphatic rings. The monoisotopic (exact) mass is 269 g/mol. The SMILES string of the molecule is CC.COc1ccc(C)cc1N(N)C(=O)NCCO. The molecular formula is C13H23N3O3. The molecule has 0 radical (unpaired) electrons. The largest absolute Gasteiger partial charge is 0.495 e. The van der Waals surface area contributed by atoms with Crippen LogP contribution in [0.2, 0.25) is 0 Å². The van der Waals surface area contributed by atoms with E-state index >= 15 is 0 Å². The van der Waals surface area contributed by atoms with Crippen LogP contribution in [0.25, 0.3) is 0 Å². The molecule has 6 nitrogen and oxygen atoms in total. The Morgan fingerprint density at radius 3 is 2.63 bits per heavy atom. The number of urea groups is 1. The van der Waals surface area contributed by atoms with E-state index in [0.717, 1.165) is 10.6 Å². The Morgan fingerprint density at radius 2 is 2.11 bits per heavy atom. The number of hydrogen-bond donors (Lipinski definition) is 3. The number of carbonyl (C=O) groups is 1. The Bertz CT molecular complexity index is 397. The first-order valence-electron chi connectivity index (χ1n) is 6.18. The summed E-state index contributed by atoms with van der Waals surface area (Å²) in [6.07, 6.45) is 0. The Kier molecular flexibility index (Phi) is 8.32. The lowest BCUT2D eigenvalue weighted by molar-refractivity contribution is 0.239. The van der Waals surface area contributed by atoms with Crippen LogP contribution in [0.5, 0.6) is 5.75 Å². The molecule has 6 heteroatoms. The molecule has 0 saturated carbocycles. The predicted octanol–water partition coefficient (Wildman–Crippen LogP) is 1.41. The van der Waals surface area contributed by atoms with Crippen molar-refractivity contribution in [3.63, 3.8) is 0 Å². The van der Waals surface area contributed by atoms with E-state index in [0.29, 0.717) is 11.4 Å². The maximum atomic E-state index is 11.6. The fourth-order valence-electron chi connectivity index (χ4n) is 1.35. The third-order valence-corrected chi connectivity index (χ3v) is 2.20. The van der Waals surface area contributed by atoms with Crippen LogP contribution in [0.3, 0.4) is 0 Å². The number of nitrogens with two attached hydrogens (primary N) is 1. The van der Waals surface area contributed by atoms with Gasteiger partial charge in [-0.05, 0) is 24.6 Å². The third-order valence-electron chi connectivity index (χ3n) is 2.20. The summed E-state index contributed by atoms with van der Waals surface area (Å²) in [6, 6.07) is 4.85. The number of benzene rings is 1. The lowest BCUT2D eigenvalue weighted by atomic mass is 10.2. The van der Waals surface area contributed by atoms with Gasteiger partial charge in [-0.25, -0.2) is 15.6 Å². The van der Waals surface area contributed by atoms with Crippen molar-refractivity contribution in [1.82, 2.24) is 5.32 Å². The van der Waals surface area contributed by atoms with Gasteiger partial charge in [0.15, 0.2) is 0 Å². The number of rotatable bonds is 4. The van der Waals surface area contributed by atoms with E-state index in [4.69, 9.17) is 15.7 Å². The Balaban J connectivity index is 0.00000154. The molecule has 0 bridgehead atoms. The summed E-state index contributed by atoms with van der Waals surface area (Å²) in [4.78, 5) is 11.6. The standard InChI is InChI=1S/C11H17N3O3.C2H6/c1-8-3-4-10(17-2)9(7-8)14(12)11(16)13-5-6-15;1-2/h3-4,7,15H,5-6,12H2,1-2H3,(H,13,16);1-2H3. The summed E-state index contributed by atoms with van der Waals surface area (Å²) in [6.45, 7) is 5.91. The molecule has 19 heavy (non-hydrogen) atoms. The van der Waals surface area contributed by atoms with Crippen LogP contribution in [0.4, 0.5) is 10.5 Å². The van der Waals surface area contributed by atoms with Crippen molar-refractivity contribution < 1.29 is 14.6 Å². The average molecular weight is 269 g/mol. The van der Waals surface area contributed by atoms with Crippen molar-refractivity contribution in [3.8, 4) is 5.75 Å². The molecule has 0 aliphatic carbocycles. The van der Waals surface area contributed by atoms with Gasteiger partial charge in [0.1, 0.15) is 11.4 Å². The smallest absolute Gasteiger partial charge is 0.336 e. The van der Waals surface area contributed by atoms with Crippen LogP contribution < -0.4 is 20.9 Å². The van der Waals surface area contributed by atoms with Crippen molar-refractivity contribution in [2.75, 3.05) is 25.3 Å². The van der Waals surface area contributed by atoms with Crippen molar-refractivity contribution in [1.29, 1.82) is 0 Å². The van der Waals surface area contributed by atoms with Crippen molar-refractivity contribution >= 4 is 11.7 Å². The number of amides is 2. The number of aryl methyl sites for hydroxylation is 1. The lowest BCUT2D eigenvalue weighted by Crippen LogP contribution is -2.45. The van der Waals surface area contributed by atoms with Gasteiger partial charge >= 0.3 is 6.03 Å². The van der Waals surface area contributed by atoms with Crippen LogP contribution in [-0.4, -0.2) is 31.4 Å². The minimum absolute atomic E-state index is 0.134. The molecule has 0 aromatic heterocycles. The molecule has 0 atom stereocenters. The number of methoxy groups -OCH3 is 1. The average Bonchev–Trinajstić information content (AvgIpc) is 2.46. The van der Waals surface area contributed by atoms with Gasteiger partial charge in [0.25, 0.3) is 0 Å². The number of carbonyl (C=O) groups excluding carboxylic acids is 1. The van der Waals surface area contributed by atoms with Gasteiger partial charge in [0, 0.05) is 6.54 Å². The van der Waals surface area contributed by atoms with Crippen LogP contribution >= 0.6 is 0 Å². The first kappa shape index (κ1) is 17.2. The highest BCUT2D eigenvalue weighted by atomic mass is 16.5. The molecule has 1 rings (SSSR count). The molecule has 0 aliphatic heterocycles. The van der Waals surface area contributed by atoms with Crippen LogP contribution in [0.1, 0.15) is 19.4 Å². The van der Waals surface area contributed by atoms with E-state index in [2.05, 4.69) is 5.32 Å². The number of nitrogens with one attached hydrogen (secondary N) is 1. The molecule has 0 spiro atoms. The molecule has 1 aromatic rings. The quantitative estimate of drug-likeness (QED) is 0.438. The zero-order chi connectivity index (χ0) is 14.8. The Morgan fingerprint density at radius 1 is 1.47 bits per heavy atom. The fourth-order valence-corrected chi connectivity index (χ4v) is 1.35. The molecule has 2 amide bonds. The lowest BCUT2D eigenvalue weighted by Gasteiger charge is -2.20. The summed E-state index contributed by atoms with van der Waals surface area (Å²) in [5.74, 6) is 6.20. The number of ether oxygens (including phenoxy) is 1. The van der Waals surface area contributed by atoms with Crippen LogP contribution in [0.15, 0.2) is 18.2 Å². The van der Waals surface area contributed by atoms with E-state index in [-0.39, 0.29) is 13.2 Å². The predicted molar refractivity (Wildman–Crippen MR) is 76.2 cm³/mol. The Labute approximate surface area is 114 Å². The zero-order valence-corrected chi connectivity index (χ0v) is 11.9. The number of aliphatic hydroxyl groups excluding tert-OH is 1. The highest BCUT2D eigenvalue weighted by Gasteiger charge is 2.15. The van der Waals surface area contributed by atoms with Crippen molar-refractivity contribution in [2.45, 2.75) is 20.8 Å². The first-order chi connectivity index (χ1) is 9.10. The van der Waals surface area contributed by atoms with Gasteiger partial charge in [-0.1, -0.05) is 19.9 Å². The van der Waals surface area contributed by atoms with Crippen molar-refractivity contribution in [3.05, 3.63) is 23.8 Å². The minimum atomic E-state index is -0.497. The highest BCUT2D eigenvalue weighted by molar-refractivity contribution is 5.92. The van der Waals surface area contributed by atoms with E-state index < -0.39 is 6.03 Å². The summed E-state index contributed by atoms with van der Waals surface area (Å²) in [5.41, 5.74) is 1.44. The minimum Gasteiger partial charge on any atom is -0.495 e. The maximum absolute atomic E-state index is 11.6. The molecule has 0 unspecified atom stereocenters. The van der Waals surface area contributed by atoms with Gasteiger partial charge in [-0.15, -0.1) is 0 Å². The summed E-state index contributed by atoms with van der Waals surface area (Å²) >= 11 is 0. The number of hydrazine groups is 1. The van der Waals surface area contributed by atoms with Gasteiger partial charge in [-0.2, -0.15) is 0 Å². The van der Waals surface area contributed by atoms with Crippen LogP contribution in [0, 0.1) is 6.92 Å².